The Hall–Kier alpha value is -1.82. The van der Waals surface area contributed by atoms with Gasteiger partial charge in [0.2, 0.25) is 0 Å². The molecule has 0 atom stereocenters. The highest BCUT2D eigenvalue weighted by atomic mass is 32.2. The molecule has 0 amide bonds. The predicted octanol–water partition coefficient (Wildman–Crippen LogP) is 3.41. The molecule has 1 aromatic carbocycles. The Morgan fingerprint density at radius 2 is 1.94 bits per heavy atom. The second-order valence-electron chi connectivity index (χ2n) is 3.51. The van der Waals surface area contributed by atoms with Crippen LogP contribution >= 0.6 is 11.8 Å². The number of aromatic nitrogens is 1. The van der Waals surface area contributed by atoms with Gasteiger partial charge in [-0.25, -0.2) is 13.8 Å². The van der Waals surface area contributed by atoms with Gasteiger partial charge in [0.15, 0.2) is 23.3 Å². The molecule has 94 valence electrons. The number of nitrogens with two attached hydrogens (primary N) is 1. The van der Waals surface area contributed by atoms with E-state index >= 15 is 0 Å². The number of pyridine rings is 1. The van der Waals surface area contributed by atoms with E-state index in [1.807, 2.05) is 24.5 Å². The molecule has 0 aliphatic rings. The van der Waals surface area contributed by atoms with Crippen molar-refractivity contribution < 1.29 is 8.78 Å². The van der Waals surface area contributed by atoms with Crippen LogP contribution in [-0.4, -0.2) is 11.2 Å². The first kappa shape index (κ1) is 12.6. The maximum absolute atomic E-state index is 13.5. The van der Waals surface area contributed by atoms with Crippen molar-refractivity contribution in [2.24, 2.45) is 0 Å². The van der Waals surface area contributed by atoms with E-state index in [9.17, 15) is 8.78 Å². The Bertz CT molecular complexity index is 575. The number of hydrogen-bond acceptors (Lipinski definition) is 4. The molecular formula is C12H11F2N3S. The average molecular weight is 267 g/mol. The van der Waals surface area contributed by atoms with Gasteiger partial charge in [-0.1, -0.05) is 12.1 Å². The van der Waals surface area contributed by atoms with Crippen LogP contribution in [0.3, 0.4) is 0 Å². The molecule has 2 rings (SSSR count). The number of halogens is 2. The van der Waals surface area contributed by atoms with Gasteiger partial charge in [0.1, 0.15) is 0 Å². The zero-order chi connectivity index (χ0) is 13.1. The van der Waals surface area contributed by atoms with Crippen molar-refractivity contribution >= 4 is 29.1 Å². The van der Waals surface area contributed by atoms with Gasteiger partial charge in [0.25, 0.3) is 0 Å². The molecular weight excluding hydrogens is 256 g/mol. The first-order chi connectivity index (χ1) is 8.61. The van der Waals surface area contributed by atoms with E-state index in [2.05, 4.69) is 10.3 Å². The molecule has 0 spiro atoms. The van der Waals surface area contributed by atoms with Crippen LogP contribution in [0.5, 0.6) is 0 Å². The Balaban J connectivity index is 2.37. The minimum atomic E-state index is -0.865. The van der Waals surface area contributed by atoms with Crippen molar-refractivity contribution in [3.8, 4) is 0 Å². The summed E-state index contributed by atoms with van der Waals surface area (Å²) in [5.74, 6) is -2.07. The maximum atomic E-state index is 13.5. The van der Waals surface area contributed by atoms with Crippen LogP contribution in [-0.2, 0) is 0 Å². The molecule has 2 aromatic rings. The summed E-state index contributed by atoms with van der Waals surface area (Å²) in [6.45, 7) is 0. The van der Waals surface area contributed by atoms with Crippen molar-refractivity contribution in [1.82, 2.24) is 4.98 Å². The topological polar surface area (TPSA) is 50.9 Å². The van der Waals surface area contributed by atoms with Gasteiger partial charge >= 0.3 is 0 Å². The van der Waals surface area contributed by atoms with Crippen LogP contribution in [0.1, 0.15) is 0 Å². The van der Waals surface area contributed by atoms with Gasteiger partial charge in [0, 0.05) is 11.0 Å². The predicted molar refractivity (Wildman–Crippen MR) is 70.1 cm³/mol. The largest absolute Gasteiger partial charge is 0.381 e. The lowest BCUT2D eigenvalue weighted by molar-refractivity contribution is 0.581. The summed E-state index contributed by atoms with van der Waals surface area (Å²) < 4.78 is 26.5. The van der Waals surface area contributed by atoms with Gasteiger partial charge in [0.05, 0.1) is 5.69 Å². The van der Waals surface area contributed by atoms with Gasteiger partial charge in [-0.2, -0.15) is 0 Å². The lowest BCUT2D eigenvalue weighted by Crippen LogP contribution is -2.03. The molecule has 3 nitrogen and oxygen atoms in total. The molecule has 0 fully saturated rings. The lowest BCUT2D eigenvalue weighted by atomic mass is 10.3. The molecule has 1 heterocycles. The first-order valence-electron chi connectivity index (χ1n) is 5.13. The number of benzene rings is 1. The molecule has 0 unspecified atom stereocenters. The van der Waals surface area contributed by atoms with Crippen molar-refractivity contribution in [2.45, 2.75) is 4.90 Å². The number of rotatable bonds is 3. The van der Waals surface area contributed by atoms with E-state index in [0.29, 0.717) is 11.8 Å². The molecule has 0 radical (unpaired) electrons. The highest BCUT2D eigenvalue weighted by molar-refractivity contribution is 7.98. The van der Waals surface area contributed by atoms with Crippen LogP contribution < -0.4 is 11.1 Å². The number of nitrogens with one attached hydrogen (secondary N) is 1. The highest BCUT2D eigenvalue weighted by Gasteiger charge is 2.11. The number of anilines is 3. The fraction of sp³-hybridized carbons (Fsp3) is 0.0833. The summed E-state index contributed by atoms with van der Waals surface area (Å²) in [4.78, 5) is 4.58. The SMILES string of the molecule is CSc1ccccc1Nc1nc(N)c(F)cc1F. The molecule has 6 heteroatoms. The molecule has 0 saturated heterocycles. The summed E-state index contributed by atoms with van der Waals surface area (Å²) in [5.41, 5.74) is 6.01. The number of thioether (sulfide) groups is 1. The average Bonchev–Trinajstić information content (AvgIpc) is 2.36. The minimum Gasteiger partial charge on any atom is -0.381 e. The zero-order valence-electron chi connectivity index (χ0n) is 9.58. The van der Waals surface area contributed by atoms with E-state index in [0.717, 1.165) is 4.90 Å². The molecule has 0 aliphatic heterocycles. The summed E-state index contributed by atoms with van der Waals surface area (Å²) >= 11 is 1.51. The van der Waals surface area contributed by atoms with E-state index in [-0.39, 0.29) is 11.6 Å². The monoisotopic (exact) mass is 267 g/mol. The van der Waals surface area contributed by atoms with E-state index in [4.69, 9.17) is 5.73 Å². The van der Waals surface area contributed by atoms with E-state index < -0.39 is 11.6 Å². The standard InChI is InChI=1S/C12H11F2N3S/c1-18-10-5-3-2-4-9(10)16-12-8(14)6-7(13)11(15)17-12/h2-6H,1H3,(H3,15,16,17). The van der Waals surface area contributed by atoms with Crippen molar-refractivity contribution in [3.63, 3.8) is 0 Å². The van der Waals surface area contributed by atoms with Crippen molar-refractivity contribution in [1.29, 1.82) is 0 Å². The third kappa shape index (κ3) is 2.53. The van der Waals surface area contributed by atoms with Crippen LogP contribution in [0, 0.1) is 11.6 Å². The third-order valence-electron chi connectivity index (χ3n) is 2.32. The summed E-state index contributed by atoms with van der Waals surface area (Å²) in [6.07, 6.45) is 1.91. The smallest absolute Gasteiger partial charge is 0.169 e. The lowest BCUT2D eigenvalue weighted by Gasteiger charge is -2.10. The van der Waals surface area contributed by atoms with Crippen LogP contribution in [0.2, 0.25) is 0 Å². The van der Waals surface area contributed by atoms with Crippen LogP contribution in [0.15, 0.2) is 35.2 Å². The van der Waals surface area contributed by atoms with E-state index in [1.165, 1.54) is 11.8 Å². The summed E-state index contributed by atoms with van der Waals surface area (Å²) in [5, 5.41) is 2.81. The number of nitrogens with zero attached hydrogens (tertiary/aromatic N) is 1. The quantitative estimate of drug-likeness (QED) is 0.837. The number of hydrogen-bond donors (Lipinski definition) is 2. The zero-order valence-corrected chi connectivity index (χ0v) is 10.4. The van der Waals surface area contributed by atoms with Crippen molar-refractivity contribution in [3.05, 3.63) is 42.0 Å². The second-order valence-corrected chi connectivity index (χ2v) is 4.36. The Kier molecular flexibility index (Phi) is 3.66. The second kappa shape index (κ2) is 5.22. The van der Waals surface area contributed by atoms with Crippen LogP contribution in [0.25, 0.3) is 0 Å². The summed E-state index contributed by atoms with van der Waals surface area (Å²) in [7, 11) is 0. The Morgan fingerprint density at radius 3 is 2.67 bits per heavy atom. The maximum Gasteiger partial charge on any atom is 0.169 e. The van der Waals surface area contributed by atoms with Gasteiger partial charge in [-0.3, -0.25) is 0 Å². The van der Waals surface area contributed by atoms with Crippen LogP contribution in [0.4, 0.5) is 26.1 Å². The first-order valence-corrected chi connectivity index (χ1v) is 6.36. The number of nitrogen functional groups attached to an aromatic ring is 1. The number of para-hydroxylation sites is 1. The Labute approximate surface area is 107 Å². The van der Waals surface area contributed by atoms with E-state index in [1.54, 1.807) is 6.07 Å². The van der Waals surface area contributed by atoms with Gasteiger partial charge < -0.3 is 11.1 Å². The molecule has 0 aliphatic carbocycles. The Morgan fingerprint density at radius 1 is 1.22 bits per heavy atom. The summed E-state index contributed by atoms with van der Waals surface area (Å²) in [6, 6.07) is 8.07. The molecule has 0 saturated carbocycles. The van der Waals surface area contributed by atoms with Gasteiger partial charge in [-0.15, -0.1) is 11.8 Å². The normalized spacial score (nSPS) is 10.4. The molecule has 1 aromatic heterocycles. The molecule has 0 bridgehead atoms. The van der Waals surface area contributed by atoms with Gasteiger partial charge in [-0.05, 0) is 18.4 Å². The molecule has 18 heavy (non-hydrogen) atoms. The fourth-order valence-corrected chi connectivity index (χ4v) is 2.00. The third-order valence-corrected chi connectivity index (χ3v) is 3.11. The van der Waals surface area contributed by atoms with Crippen molar-refractivity contribution in [2.75, 3.05) is 17.3 Å². The fourth-order valence-electron chi connectivity index (χ4n) is 1.44. The molecule has 3 N–H and O–H groups in total. The highest BCUT2D eigenvalue weighted by Crippen LogP contribution is 2.28. The minimum absolute atomic E-state index is 0.0876.